The largest absolute Gasteiger partial charge is 0.492 e. The summed E-state index contributed by atoms with van der Waals surface area (Å²) < 4.78 is 18.5. The minimum absolute atomic E-state index is 0.0449. The number of amides is 1. The fraction of sp³-hybridized carbons (Fsp3) is 0.419. The molecule has 0 saturated carbocycles. The van der Waals surface area contributed by atoms with E-state index in [0.717, 1.165) is 33.5 Å². The highest BCUT2D eigenvalue weighted by Crippen LogP contribution is 2.36. The van der Waals surface area contributed by atoms with E-state index in [9.17, 15) is 14.4 Å². The number of aryl methyl sites for hydroxylation is 2. The van der Waals surface area contributed by atoms with Crippen molar-refractivity contribution in [3.63, 3.8) is 0 Å². The molecule has 1 aliphatic heterocycles. The van der Waals surface area contributed by atoms with Crippen LogP contribution in [0.25, 0.3) is 11.1 Å². The molecule has 204 valence electrons. The van der Waals surface area contributed by atoms with Crippen molar-refractivity contribution in [2.75, 3.05) is 40.0 Å². The molecule has 1 aliphatic rings. The lowest BCUT2D eigenvalue weighted by atomic mass is 9.86. The summed E-state index contributed by atoms with van der Waals surface area (Å²) in [6, 6.07) is 9.85. The molecule has 39 heavy (non-hydrogen) atoms. The molecule has 0 fully saturated rings. The second kappa shape index (κ2) is 12.4. The van der Waals surface area contributed by atoms with Gasteiger partial charge in [0, 0.05) is 49.4 Å². The van der Waals surface area contributed by atoms with Gasteiger partial charge >= 0.3 is 0 Å². The van der Waals surface area contributed by atoms with Crippen molar-refractivity contribution >= 4 is 5.91 Å². The Labute approximate surface area is 230 Å². The Bertz CT molecular complexity index is 1400. The fourth-order valence-corrected chi connectivity index (χ4v) is 5.13. The summed E-state index contributed by atoms with van der Waals surface area (Å²) in [6.07, 6.45) is 4.80. The Hall–Kier alpha value is -3.83. The summed E-state index contributed by atoms with van der Waals surface area (Å²) in [5, 5.41) is 9.40. The molecule has 0 spiro atoms. The van der Waals surface area contributed by atoms with Gasteiger partial charge in [0.25, 0.3) is 5.91 Å². The quantitative estimate of drug-likeness (QED) is 0.358. The fourth-order valence-electron chi connectivity index (χ4n) is 5.13. The second-order valence-electron chi connectivity index (χ2n) is 10.1. The predicted molar refractivity (Wildman–Crippen MR) is 150 cm³/mol. The van der Waals surface area contributed by atoms with E-state index in [1.54, 1.807) is 6.07 Å². The normalized spacial score (nSPS) is 13.8. The van der Waals surface area contributed by atoms with Gasteiger partial charge in [-0.3, -0.25) is 14.8 Å². The minimum Gasteiger partial charge on any atom is -0.492 e. The Morgan fingerprint density at radius 1 is 1.13 bits per heavy atom. The third-order valence-electron chi connectivity index (χ3n) is 7.39. The second-order valence-corrected chi connectivity index (χ2v) is 10.1. The van der Waals surface area contributed by atoms with E-state index in [2.05, 4.69) is 28.2 Å². The van der Waals surface area contributed by atoms with Crippen molar-refractivity contribution in [1.82, 2.24) is 19.8 Å². The summed E-state index contributed by atoms with van der Waals surface area (Å²) >= 11 is 0. The van der Waals surface area contributed by atoms with E-state index in [-0.39, 0.29) is 18.6 Å². The van der Waals surface area contributed by atoms with Gasteiger partial charge in [-0.05, 0) is 87.5 Å². The topological polar surface area (TPSA) is 82.3 Å². The number of pyridine rings is 2. The molecule has 3 heterocycles. The lowest BCUT2D eigenvalue weighted by Crippen LogP contribution is -2.40. The van der Waals surface area contributed by atoms with Crippen LogP contribution in [0.3, 0.4) is 0 Å². The number of halogens is 1. The van der Waals surface area contributed by atoms with Crippen molar-refractivity contribution in [3.05, 3.63) is 75.9 Å². The molecule has 1 unspecified atom stereocenters. The number of aromatic nitrogens is 2. The first-order chi connectivity index (χ1) is 18.8. The molecule has 4 rings (SSSR count). The van der Waals surface area contributed by atoms with Gasteiger partial charge < -0.3 is 14.5 Å². The number of hydrogen-bond acceptors (Lipinski definition) is 6. The maximum atomic E-state index is 14.0. The van der Waals surface area contributed by atoms with Crippen molar-refractivity contribution in [2.45, 2.75) is 46.6 Å². The van der Waals surface area contributed by atoms with Crippen LogP contribution in [0.15, 0.2) is 36.7 Å². The molecule has 3 aromatic rings. The minimum atomic E-state index is -0.388. The van der Waals surface area contributed by atoms with Gasteiger partial charge in [0.1, 0.15) is 24.1 Å². The number of likely N-dealkylation sites (N-methyl/N-ethyl adjacent to an activating group) is 1. The molecule has 1 atom stereocenters. The zero-order chi connectivity index (χ0) is 28.1. The number of fused-ring (bicyclic) bond motifs is 1. The zero-order valence-corrected chi connectivity index (χ0v) is 23.4. The first-order valence-electron chi connectivity index (χ1n) is 13.4. The van der Waals surface area contributed by atoms with Crippen molar-refractivity contribution in [2.24, 2.45) is 0 Å². The molecule has 1 amide bonds. The predicted octanol–water partition coefficient (Wildman–Crippen LogP) is 5.23. The number of carbonyl (C=O) groups is 1. The van der Waals surface area contributed by atoms with E-state index in [1.165, 1.54) is 6.20 Å². The van der Waals surface area contributed by atoms with Crippen LogP contribution < -0.4 is 4.74 Å². The van der Waals surface area contributed by atoms with Gasteiger partial charge in [-0.2, -0.15) is 5.26 Å². The first-order valence-corrected chi connectivity index (χ1v) is 13.4. The molecule has 0 saturated heterocycles. The Morgan fingerprint density at radius 3 is 2.62 bits per heavy atom. The molecular weight excluding hydrogens is 493 g/mol. The van der Waals surface area contributed by atoms with Crippen LogP contribution in [0.5, 0.6) is 5.75 Å². The lowest BCUT2D eigenvalue weighted by molar-refractivity contribution is 0.0669. The van der Waals surface area contributed by atoms with Gasteiger partial charge in [-0.25, -0.2) is 4.39 Å². The first kappa shape index (κ1) is 28.2. The van der Waals surface area contributed by atoms with E-state index in [1.807, 2.05) is 56.8 Å². The van der Waals surface area contributed by atoms with Crippen molar-refractivity contribution in [1.29, 1.82) is 5.26 Å². The van der Waals surface area contributed by atoms with E-state index >= 15 is 0 Å². The van der Waals surface area contributed by atoms with Gasteiger partial charge in [-0.15, -0.1) is 0 Å². The summed E-state index contributed by atoms with van der Waals surface area (Å²) in [7, 11) is 1.91. The van der Waals surface area contributed by atoms with Crippen molar-refractivity contribution < 1.29 is 13.9 Å². The number of nitrogens with zero attached hydrogens (tertiary/aromatic N) is 5. The number of ether oxygens (including phenoxy) is 1. The van der Waals surface area contributed by atoms with Crippen LogP contribution >= 0.6 is 0 Å². The van der Waals surface area contributed by atoms with Gasteiger partial charge in [0.15, 0.2) is 0 Å². The average molecular weight is 530 g/mol. The third-order valence-corrected chi connectivity index (χ3v) is 7.39. The molecule has 0 aliphatic carbocycles. The molecule has 7 nitrogen and oxygen atoms in total. The standard InChI is InChI=1S/C31H36FN5O2/c1-6-39-30-16-29(35-19-24(30)17-33)22(4)37-11-8-25-27(26-13-21(3)34-18-20(26)2)14-23(15-28(25)31(37)38)7-10-36(5)12-9-32/h13-16,18-19,22H,6-12H2,1-5H3. The van der Waals surface area contributed by atoms with Crippen LogP contribution in [0.1, 0.15) is 63.9 Å². The van der Waals surface area contributed by atoms with Crippen LogP contribution in [0, 0.1) is 25.2 Å². The number of alkyl halides is 1. The molecule has 8 heteroatoms. The molecule has 2 aromatic heterocycles. The monoisotopic (exact) mass is 529 g/mol. The number of carbonyl (C=O) groups excluding carboxylic acids is 1. The van der Waals surface area contributed by atoms with Crippen LogP contribution in [0.2, 0.25) is 0 Å². The molecule has 0 radical (unpaired) electrons. The Kier molecular flexibility index (Phi) is 8.93. The average Bonchev–Trinajstić information content (AvgIpc) is 2.93. The van der Waals surface area contributed by atoms with Crippen molar-refractivity contribution in [3.8, 4) is 22.9 Å². The Morgan fingerprint density at radius 2 is 1.90 bits per heavy atom. The van der Waals surface area contributed by atoms with Crippen LogP contribution in [-0.2, 0) is 12.8 Å². The smallest absolute Gasteiger partial charge is 0.254 e. The highest BCUT2D eigenvalue weighted by molar-refractivity contribution is 5.99. The molecular formula is C31H36FN5O2. The third kappa shape index (κ3) is 6.10. The number of hydrogen-bond donors (Lipinski definition) is 0. The highest BCUT2D eigenvalue weighted by atomic mass is 19.1. The molecule has 0 bridgehead atoms. The summed E-state index contributed by atoms with van der Waals surface area (Å²) in [4.78, 5) is 26.8. The number of benzene rings is 1. The summed E-state index contributed by atoms with van der Waals surface area (Å²) in [5.41, 5.74) is 7.96. The SMILES string of the molecule is CCOc1cc(C(C)N2CCc3c(cc(CCN(C)CCF)cc3-c3cc(C)ncc3C)C2=O)ncc1C#N. The van der Waals surface area contributed by atoms with E-state index in [0.29, 0.717) is 61.7 Å². The lowest BCUT2D eigenvalue weighted by Gasteiger charge is -2.35. The van der Waals surface area contributed by atoms with E-state index in [4.69, 9.17) is 4.74 Å². The zero-order valence-electron chi connectivity index (χ0n) is 23.4. The van der Waals surface area contributed by atoms with Crippen LogP contribution in [0.4, 0.5) is 4.39 Å². The molecule has 1 aromatic carbocycles. The summed E-state index contributed by atoms with van der Waals surface area (Å²) in [5.74, 6) is 0.434. The van der Waals surface area contributed by atoms with Crippen LogP contribution in [-0.4, -0.2) is 65.6 Å². The maximum absolute atomic E-state index is 14.0. The van der Waals surface area contributed by atoms with Gasteiger partial charge in [0.05, 0.1) is 18.3 Å². The highest BCUT2D eigenvalue weighted by Gasteiger charge is 2.32. The summed E-state index contributed by atoms with van der Waals surface area (Å²) in [6.45, 7) is 9.51. The van der Waals surface area contributed by atoms with E-state index < -0.39 is 0 Å². The van der Waals surface area contributed by atoms with Gasteiger partial charge in [0.2, 0.25) is 0 Å². The molecule has 0 N–H and O–H groups in total. The number of nitriles is 1. The Balaban J connectivity index is 1.74. The maximum Gasteiger partial charge on any atom is 0.254 e. The van der Waals surface area contributed by atoms with Gasteiger partial charge in [-0.1, -0.05) is 6.07 Å². The number of rotatable bonds is 10.